The summed E-state index contributed by atoms with van der Waals surface area (Å²) in [6.07, 6.45) is 7.17. The smallest absolute Gasteiger partial charge is 0.257 e. The van der Waals surface area contributed by atoms with Crippen LogP contribution in [0.3, 0.4) is 0 Å². The van der Waals surface area contributed by atoms with Crippen LogP contribution in [0.1, 0.15) is 46.4 Å². The molecule has 27 heavy (non-hydrogen) atoms. The van der Waals surface area contributed by atoms with Crippen LogP contribution in [0.4, 0.5) is 0 Å². The highest BCUT2D eigenvalue weighted by atomic mass is 16.5. The number of ether oxygens (including phenoxy) is 1. The van der Waals surface area contributed by atoms with Crippen LogP contribution in [0.25, 0.3) is 0 Å². The summed E-state index contributed by atoms with van der Waals surface area (Å²) in [6.45, 7) is 2.01. The summed E-state index contributed by atoms with van der Waals surface area (Å²) in [7, 11) is 0. The van der Waals surface area contributed by atoms with Gasteiger partial charge in [0.2, 0.25) is 0 Å². The van der Waals surface area contributed by atoms with Gasteiger partial charge in [-0.2, -0.15) is 0 Å². The maximum atomic E-state index is 12.4. The molecule has 1 aromatic carbocycles. The van der Waals surface area contributed by atoms with Gasteiger partial charge in [-0.1, -0.05) is 0 Å². The summed E-state index contributed by atoms with van der Waals surface area (Å²) in [5.74, 6) is 1.04. The van der Waals surface area contributed by atoms with Gasteiger partial charge in [0.25, 0.3) is 11.8 Å². The van der Waals surface area contributed by atoms with Crippen LogP contribution in [0.15, 0.2) is 47.3 Å². The fraction of sp³-hybridized carbons (Fsp3) is 0.429. The van der Waals surface area contributed by atoms with Crippen molar-refractivity contribution in [3.8, 4) is 5.75 Å². The molecule has 2 amide bonds. The number of amides is 2. The quantitative estimate of drug-likeness (QED) is 0.850. The Kier molecular flexibility index (Phi) is 5.14. The molecule has 2 aliphatic rings. The van der Waals surface area contributed by atoms with Gasteiger partial charge in [-0.05, 0) is 56.0 Å². The molecule has 2 heterocycles. The molecule has 1 aromatic heterocycles. The number of piperidine rings is 1. The lowest BCUT2D eigenvalue weighted by Gasteiger charge is -2.32. The highest BCUT2D eigenvalue weighted by molar-refractivity contribution is 5.94. The van der Waals surface area contributed by atoms with Crippen molar-refractivity contribution in [2.45, 2.75) is 31.7 Å². The number of nitrogens with one attached hydrogen (secondary N) is 1. The van der Waals surface area contributed by atoms with Gasteiger partial charge in [-0.25, -0.2) is 0 Å². The number of hydrogen-bond acceptors (Lipinski definition) is 4. The van der Waals surface area contributed by atoms with Crippen LogP contribution in [0.5, 0.6) is 5.75 Å². The van der Waals surface area contributed by atoms with Gasteiger partial charge in [0.15, 0.2) is 0 Å². The van der Waals surface area contributed by atoms with Gasteiger partial charge in [0.1, 0.15) is 12.0 Å². The van der Waals surface area contributed by atoms with Crippen LogP contribution < -0.4 is 10.1 Å². The predicted molar refractivity (Wildman–Crippen MR) is 99.8 cm³/mol. The van der Waals surface area contributed by atoms with Crippen molar-refractivity contribution in [3.63, 3.8) is 0 Å². The lowest BCUT2D eigenvalue weighted by Crippen LogP contribution is -2.41. The summed E-state index contributed by atoms with van der Waals surface area (Å²) in [4.78, 5) is 26.3. The minimum absolute atomic E-state index is 0.0134. The molecule has 2 aromatic rings. The Morgan fingerprint density at radius 1 is 1.11 bits per heavy atom. The van der Waals surface area contributed by atoms with Crippen LogP contribution in [-0.2, 0) is 0 Å². The summed E-state index contributed by atoms with van der Waals surface area (Å²) in [5, 5.41) is 2.98. The molecule has 0 bridgehead atoms. The van der Waals surface area contributed by atoms with E-state index >= 15 is 0 Å². The van der Waals surface area contributed by atoms with Crippen molar-refractivity contribution >= 4 is 11.8 Å². The number of nitrogens with zero attached hydrogens (tertiary/aromatic N) is 1. The second kappa shape index (κ2) is 7.86. The molecule has 6 heteroatoms. The Labute approximate surface area is 158 Å². The summed E-state index contributed by atoms with van der Waals surface area (Å²) in [5.41, 5.74) is 1.25. The molecule has 0 radical (unpaired) electrons. The molecule has 1 aliphatic carbocycles. The molecule has 1 saturated carbocycles. The molecule has 1 atom stereocenters. The van der Waals surface area contributed by atoms with E-state index in [2.05, 4.69) is 5.32 Å². The van der Waals surface area contributed by atoms with E-state index in [1.807, 2.05) is 17.0 Å². The Morgan fingerprint density at radius 2 is 1.93 bits per heavy atom. The van der Waals surface area contributed by atoms with Crippen molar-refractivity contribution < 1.29 is 18.7 Å². The van der Waals surface area contributed by atoms with Crippen molar-refractivity contribution in [2.75, 3.05) is 19.7 Å². The topological polar surface area (TPSA) is 71.8 Å². The molecule has 142 valence electrons. The average Bonchev–Trinajstić information content (AvgIpc) is 3.35. The normalized spacial score (nSPS) is 19.6. The van der Waals surface area contributed by atoms with Crippen LogP contribution in [0, 0.1) is 5.92 Å². The molecular weight excluding hydrogens is 344 g/mol. The monoisotopic (exact) mass is 368 g/mol. The molecule has 1 N–H and O–H groups in total. The molecule has 6 nitrogen and oxygen atoms in total. The third kappa shape index (κ3) is 4.51. The molecule has 1 saturated heterocycles. The summed E-state index contributed by atoms with van der Waals surface area (Å²) < 4.78 is 10.9. The van der Waals surface area contributed by atoms with E-state index in [9.17, 15) is 9.59 Å². The first-order valence-electron chi connectivity index (χ1n) is 9.54. The number of carbonyl (C=O) groups is 2. The van der Waals surface area contributed by atoms with Crippen molar-refractivity contribution in [1.82, 2.24) is 10.2 Å². The van der Waals surface area contributed by atoms with Crippen molar-refractivity contribution in [3.05, 3.63) is 54.0 Å². The number of likely N-dealkylation sites (tertiary alicyclic amines) is 1. The van der Waals surface area contributed by atoms with Crippen molar-refractivity contribution in [1.29, 1.82) is 0 Å². The largest absolute Gasteiger partial charge is 0.493 e. The highest BCUT2D eigenvalue weighted by Crippen LogP contribution is 2.22. The molecule has 4 rings (SSSR count). The molecule has 1 aliphatic heterocycles. The standard InChI is InChI=1S/C21H24N2O4/c24-20(22-18-5-6-18)16-3-7-19(8-4-16)27-13-15-2-1-10-23(12-15)21(25)17-9-11-26-14-17/h3-4,7-9,11,14-15,18H,1-2,5-6,10,12-13H2,(H,22,24). The Bertz CT molecular complexity index is 781. The fourth-order valence-electron chi connectivity index (χ4n) is 3.37. The number of hydrogen-bond donors (Lipinski definition) is 1. The second-order valence-corrected chi connectivity index (χ2v) is 7.35. The zero-order chi connectivity index (χ0) is 18.6. The maximum Gasteiger partial charge on any atom is 0.257 e. The first-order valence-corrected chi connectivity index (χ1v) is 9.54. The molecule has 0 spiro atoms. The first-order chi connectivity index (χ1) is 13.2. The van der Waals surface area contributed by atoms with Gasteiger partial charge in [-0.15, -0.1) is 0 Å². The van der Waals surface area contributed by atoms with Crippen LogP contribution in [0.2, 0.25) is 0 Å². The van der Waals surface area contributed by atoms with Gasteiger partial charge >= 0.3 is 0 Å². The van der Waals surface area contributed by atoms with E-state index in [4.69, 9.17) is 9.15 Å². The fourth-order valence-corrected chi connectivity index (χ4v) is 3.37. The minimum atomic E-state index is -0.0234. The third-order valence-electron chi connectivity index (χ3n) is 5.09. The van der Waals surface area contributed by atoms with Gasteiger partial charge in [0, 0.05) is 30.6 Å². The maximum absolute atomic E-state index is 12.4. The highest BCUT2D eigenvalue weighted by Gasteiger charge is 2.26. The second-order valence-electron chi connectivity index (χ2n) is 7.35. The zero-order valence-corrected chi connectivity index (χ0v) is 15.2. The van der Waals surface area contributed by atoms with Gasteiger partial charge in [-0.3, -0.25) is 9.59 Å². The van der Waals surface area contributed by atoms with E-state index in [0.717, 1.165) is 38.0 Å². The van der Waals surface area contributed by atoms with Crippen LogP contribution >= 0.6 is 0 Å². The Balaban J connectivity index is 1.27. The predicted octanol–water partition coefficient (Wildman–Crippen LogP) is 3.10. The number of carbonyl (C=O) groups excluding carboxylic acids is 2. The van der Waals surface area contributed by atoms with E-state index < -0.39 is 0 Å². The minimum Gasteiger partial charge on any atom is -0.493 e. The lowest BCUT2D eigenvalue weighted by atomic mass is 9.98. The Hall–Kier alpha value is -2.76. The van der Waals surface area contributed by atoms with E-state index in [-0.39, 0.29) is 11.8 Å². The SMILES string of the molecule is O=C(NC1CC1)c1ccc(OCC2CCCN(C(=O)c3ccoc3)C2)cc1. The molecular formula is C21H24N2O4. The van der Waals surface area contributed by atoms with Gasteiger partial charge < -0.3 is 19.4 Å². The summed E-state index contributed by atoms with van der Waals surface area (Å²) in [6, 6.07) is 9.31. The first kappa shape index (κ1) is 17.6. The van der Waals surface area contributed by atoms with E-state index in [0.29, 0.717) is 36.2 Å². The van der Waals surface area contributed by atoms with E-state index in [1.165, 1.54) is 12.5 Å². The Morgan fingerprint density at radius 3 is 2.63 bits per heavy atom. The lowest BCUT2D eigenvalue weighted by molar-refractivity contribution is 0.0632. The molecule has 2 fully saturated rings. The summed E-state index contributed by atoms with van der Waals surface area (Å²) >= 11 is 0. The number of benzene rings is 1. The van der Waals surface area contributed by atoms with Gasteiger partial charge in [0.05, 0.1) is 18.4 Å². The average molecular weight is 368 g/mol. The molecule has 1 unspecified atom stereocenters. The van der Waals surface area contributed by atoms with E-state index in [1.54, 1.807) is 18.2 Å². The zero-order valence-electron chi connectivity index (χ0n) is 15.2. The number of rotatable bonds is 6. The van der Waals surface area contributed by atoms with Crippen LogP contribution in [-0.4, -0.2) is 42.5 Å². The van der Waals surface area contributed by atoms with Crippen molar-refractivity contribution in [2.24, 2.45) is 5.92 Å². The third-order valence-corrected chi connectivity index (χ3v) is 5.09. The number of furan rings is 1.